The monoisotopic (exact) mass is 337 g/mol. The first kappa shape index (κ1) is 17.9. The minimum absolute atomic E-state index is 0.200. The Morgan fingerprint density at radius 3 is 2.88 bits per heavy atom. The van der Waals surface area contributed by atoms with Crippen molar-refractivity contribution >= 4 is 18.1 Å². The Hall–Kier alpha value is -2.46. The minimum Gasteiger partial charge on any atom is -0.400 e. The molecule has 132 valence electrons. The van der Waals surface area contributed by atoms with Gasteiger partial charge < -0.3 is 20.0 Å². The molecule has 2 heterocycles. The Bertz CT molecular complexity index is 591. The molecule has 0 radical (unpaired) electrons. The van der Waals surface area contributed by atoms with Gasteiger partial charge >= 0.3 is 5.88 Å². The van der Waals surface area contributed by atoms with Crippen molar-refractivity contribution in [1.29, 1.82) is 0 Å². The molecule has 0 amide bonds. The molecule has 1 saturated heterocycles. The minimum atomic E-state index is -0.610. The number of hydrogen-bond donors (Lipinski definition) is 2. The Balaban J connectivity index is 1.64. The van der Waals surface area contributed by atoms with Gasteiger partial charge in [-0.2, -0.15) is 5.10 Å². The largest absolute Gasteiger partial charge is 0.433 e. The summed E-state index contributed by atoms with van der Waals surface area (Å²) in [5.41, 5.74) is 8.26. The summed E-state index contributed by atoms with van der Waals surface area (Å²) < 4.78 is 4.92. The lowest BCUT2D eigenvalue weighted by Crippen LogP contribution is -2.44. The maximum absolute atomic E-state index is 10.5. The van der Waals surface area contributed by atoms with Crippen LogP contribution in [0.5, 0.6) is 0 Å². The van der Waals surface area contributed by atoms with Crippen molar-refractivity contribution in [3.8, 4) is 0 Å². The Kier molecular flexibility index (Phi) is 6.70. The lowest BCUT2D eigenvalue weighted by molar-refractivity contribution is -0.402. The second kappa shape index (κ2) is 8.99. The fourth-order valence-electron chi connectivity index (χ4n) is 2.27. The van der Waals surface area contributed by atoms with Crippen LogP contribution >= 0.6 is 0 Å². The van der Waals surface area contributed by atoms with Crippen LogP contribution in [0, 0.1) is 10.1 Å². The van der Waals surface area contributed by atoms with E-state index in [9.17, 15) is 10.1 Å². The average molecular weight is 337 g/mol. The highest BCUT2D eigenvalue weighted by Crippen LogP contribution is 2.13. The molecular weight excluding hydrogens is 314 g/mol. The molecule has 1 aliphatic rings. The van der Waals surface area contributed by atoms with Crippen molar-refractivity contribution in [3.63, 3.8) is 0 Å². The van der Waals surface area contributed by atoms with Crippen LogP contribution in [0.2, 0.25) is 0 Å². The van der Waals surface area contributed by atoms with Crippen molar-refractivity contribution in [3.05, 3.63) is 28.0 Å². The first-order valence-corrected chi connectivity index (χ1v) is 7.79. The number of hydrazone groups is 1. The van der Waals surface area contributed by atoms with Gasteiger partial charge in [0.25, 0.3) is 0 Å². The van der Waals surface area contributed by atoms with E-state index in [1.54, 1.807) is 0 Å². The zero-order valence-electron chi connectivity index (χ0n) is 13.7. The predicted octanol–water partition coefficient (Wildman–Crippen LogP) is 0.0635. The van der Waals surface area contributed by atoms with E-state index < -0.39 is 4.92 Å². The van der Waals surface area contributed by atoms with Crippen molar-refractivity contribution in [2.45, 2.75) is 6.42 Å². The van der Waals surface area contributed by atoms with Crippen LogP contribution in [-0.4, -0.2) is 73.2 Å². The summed E-state index contributed by atoms with van der Waals surface area (Å²) in [6.07, 6.45) is 2.24. The molecule has 0 atom stereocenters. The van der Waals surface area contributed by atoms with Gasteiger partial charge in [0.15, 0.2) is 5.76 Å². The molecule has 10 heteroatoms. The summed E-state index contributed by atoms with van der Waals surface area (Å²) in [6.45, 7) is 6.01. The number of nitrogens with one attached hydrogen (secondary N) is 1. The summed E-state index contributed by atoms with van der Waals surface area (Å²) in [7, 11) is 2.13. The molecule has 24 heavy (non-hydrogen) atoms. The molecule has 1 aromatic rings. The van der Waals surface area contributed by atoms with E-state index in [1.807, 2.05) is 0 Å². The van der Waals surface area contributed by atoms with Crippen molar-refractivity contribution in [2.75, 3.05) is 46.3 Å². The normalized spacial score (nSPS) is 17.5. The maximum atomic E-state index is 10.5. The van der Waals surface area contributed by atoms with Gasteiger partial charge in [0, 0.05) is 39.3 Å². The van der Waals surface area contributed by atoms with Gasteiger partial charge in [-0.15, -0.1) is 0 Å². The Morgan fingerprint density at radius 1 is 1.46 bits per heavy atom. The number of aliphatic imine (C=N–C) groups is 1. The number of likely N-dealkylation sites (N-methyl/N-ethyl adjacent to an activating group) is 1. The number of furan rings is 1. The smallest absolute Gasteiger partial charge is 0.400 e. The van der Waals surface area contributed by atoms with E-state index >= 15 is 0 Å². The Labute approximate surface area is 140 Å². The molecule has 0 bridgehead atoms. The van der Waals surface area contributed by atoms with Gasteiger partial charge in [-0.1, -0.05) is 0 Å². The number of nitrogens with two attached hydrogens (primary N) is 1. The molecule has 3 N–H and O–H groups in total. The number of nitrogens with zero attached hydrogens (tertiary/aromatic N) is 5. The van der Waals surface area contributed by atoms with E-state index in [0.29, 0.717) is 6.54 Å². The second-order valence-electron chi connectivity index (χ2n) is 5.57. The topological polar surface area (TPSA) is 126 Å². The molecule has 0 spiro atoms. The highest BCUT2D eigenvalue weighted by Gasteiger charge is 2.12. The first-order chi connectivity index (χ1) is 11.5. The molecule has 2 rings (SSSR count). The third-order valence-electron chi connectivity index (χ3n) is 3.67. The molecule has 0 aromatic carbocycles. The van der Waals surface area contributed by atoms with Crippen LogP contribution in [-0.2, 0) is 0 Å². The molecule has 0 saturated carbocycles. The standard InChI is InChI=1S/C14H23N7O3/c1-19-7-9-20(10-8-19)6-2-5-16-14(15)18-17-11-12-3-4-13(24-12)21(22)23/h3-4,11H,2,5-10H2,1H3,(H3,15,16,18). The fourth-order valence-corrected chi connectivity index (χ4v) is 2.27. The van der Waals surface area contributed by atoms with Gasteiger partial charge in [0.2, 0.25) is 5.96 Å². The van der Waals surface area contributed by atoms with Crippen LogP contribution < -0.4 is 11.2 Å². The van der Waals surface area contributed by atoms with E-state index in [4.69, 9.17) is 10.2 Å². The van der Waals surface area contributed by atoms with E-state index in [0.717, 1.165) is 39.1 Å². The summed E-state index contributed by atoms with van der Waals surface area (Å²) in [6, 6.07) is 2.71. The third kappa shape index (κ3) is 5.97. The summed E-state index contributed by atoms with van der Waals surface area (Å²) in [5, 5.41) is 14.3. The van der Waals surface area contributed by atoms with Gasteiger partial charge in [-0.25, -0.2) is 5.43 Å². The number of nitro groups is 1. The lowest BCUT2D eigenvalue weighted by Gasteiger charge is -2.32. The highest BCUT2D eigenvalue weighted by molar-refractivity contribution is 5.81. The van der Waals surface area contributed by atoms with Gasteiger partial charge in [0.1, 0.15) is 4.92 Å². The number of guanidine groups is 1. The molecule has 1 aliphatic heterocycles. The molecule has 1 aromatic heterocycles. The lowest BCUT2D eigenvalue weighted by atomic mass is 10.3. The van der Waals surface area contributed by atoms with E-state index in [-0.39, 0.29) is 17.6 Å². The Morgan fingerprint density at radius 2 is 2.21 bits per heavy atom. The fraction of sp³-hybridized carbons (Fsp3) is 0.571. The second-order valence-corrected chi connectivity index (χ2v) is 5.57. The molecule has 0 aliphatic carbocycles. The first-order valence-electron chi connectivity index (χ1n) is 7.79. The zero-order chi connectivity index (χ0) is 17.4. The quantitative estimate of drug-likeness (QED) is 0.237. The molecule has 10 nitrogen and oxygen atoms in total. The summed E-state index contributed by atoms with van der Waals surface area (Å²) in [5.74, 6) is 0.129. The van der Waals surface area contributed by atoms with E-state index in [1.165, 1.54) is 18.3 Å². The van der Waals surface area contributed by atoms with Crippen molar-refractivity contribution < 1.29 is 9.34 Å². The third-order valence-corrected chi connectivity index (χ3v) is 3.67. The maximum Gasteiger partial charge on any atom is 0.433 e. The van der Waals surface area contributed by atoms with Crippen molar-refractivity contribution in [2.24, 2.45) is 15.8 Å². The SMILES string of the molecule is CN1CCN(CCCN=C(N)NN=Cc2ccc([N+](=O)[O-])o2)CC1. The number of rotatable bonds is 7. The highest BCUT2D eigenvalue weighted by atomic mass is 16.6. The van der Waals surface area contributed by atoms with Crippen LogP contribution in [0.3, 0.4) is 0 Å². The molecular formula is C14H23N7O3. The van der Waals surface area contributed by atoms with E-state index in [2.05, 4.69) is 32.4 Å². The van der Waals surface area contributed by atoms with Gasteiger partial charge in [0.05, 0.1) is 12.3 Å². The van der Waals surface area contributed by atoms with Gasteiger partial charge in [-0.05, 0) is 19.5 Å². The van der Waals surface area contributed by atoms with Crippen LogP contribution in [0.15, 0.2) is 26.6 Å². The van der Waals surface area contributed by atoms with Crippen LogP contribution in [0.4, 0.5) is 5.88 Å². The number of piperazine rings is 1. The summed E-state index contributed by atoms with van der Waals surface area (Å²) in [4.78, 5) is 18.8. The molecule has 1 fully saturated rings. The van der Waals surface area contributed by atoms with Crippen LogP contribution in [0.25, 0.3) is 0 Å². The van der Waals surface area contributed by atoms with Crippen LogP contribution in [0.1, 0.15) is 12.2 Å². The van der Waals surface area contributed by atoms with Crippen molar-refractivity contribution in [1.82, 2.24) is 15.2 Å². The zero-order valence-corrected chi connectivity index (χ0v) is 13.7. The van der Waals surface area contributed by atoms with Gasteiger partial charge in [-0.3, -0.25) is 15.1 Å². The number of hydrogen-bond acceptors (Lipinski definition) is 7. The summed E-state index contributed by atoms with van der Waals surface area (Å²) >= 11 is 0. The molecule has 0 unspecified atom stereocenters. The average Bonchev–Trinajstić information content (AvgIpc) is 3.02. The predicted molar refractivity (Wildman–Crippen MR) is 91.1 cm³/mol.